The van der Waals surface area contributed by atoms with Gasteiger partial charge in [-0.25, -0.2) is 0 Å². The zero-order valence-electron chi connectivity index (χ0n) is 11.7. The van der Waals surface area contributed by atoms with E-state index in [1.807, 2.05) is 18.2 Å². The molecule has 1 aliphatic rings. The molecule has 1 amide bonds. The number of amides is 1. The predicted molar refractivity (Wildman–Crippen MR) is 84.4 cm³/mol. The molecule has 0 aliphatic heterocycles. The molecule has 1 saturated carbocycles. The summed E-state index contributed by atoms with van der Waals surface area (Å²) >= 11 is 6.11. The first-order chi connectivity index (χ1) is 10.2. The van der Waals surface area contributed by atoms with Gasteiger partial charge in [0.05, 0.1) is 11.1 Å². The molecule has 0 bridgehead atoms. The van der Waals surface area contributed by atoms with Gasteiger partial charge in [-0.1, -0.05) is 24.1 Å². The summed E-state index contributed by atoms with van der Waals surface area (Å²) in [6, 6.07) is 7.39. The minimum Gasteiger partial charge on any atom is -0.349 e. The van der Waals surface area contributed by atoms with Gasteiger partial charge in [0.15, 0.2) is 0 Å². The molecule has 21 heavy (non-hydrogen) atoms. The molecule has 0 saturated heterocycles. The van der Waals surface area contributed by atoms with E-state index in [4.69, 9.17) is 17.3 Å². The summed E-state index contributed by atoms with van der Waals surface area (Å²) in [5.74, 6) is 0.249. The molecule has 2 unspecified atom stereocenters. The SMILES string of the molecule is NCC1CCCC1NC(=O)c1cc(Cl)cc2cccnc12. The molecular formula is C16H18ClN3O. The molecule has 2 atom stereocenters. The van der Waals surface area contributed by atoms with Crippen molar-refractivity contribution in [3.05, 3.63) is 41.0 Å². The van der Waals surface area contributed by atoms with E-state index in [0.717, 1.165) is 24.6 Å². The Morgan fingerprint density at radius 1 is 1.43 bits per heavy atom. The fourth-order valence-electron chi connectivity index (χ4n) is 3.08. The van der Waals surface area contributed by atoms with E-state index in [-0.39, 0.29) is 11.9 Å². The molecule has 1 heterocycles. The monoisotopic (exact) mass is 303 g/mol. The van der Waals surface area contributed by atoms with Crippen molar-refractivity contribution < 1.29 is 4.79 Å². The van der Waals surface area contributed by atoms with Gasteiger partial charge in [-0.3, -0.25) is 9.78 Å². The molecule has 3 N–H and O–H groups in total. The third-order valence-corrected chi connectivity index (χ3v) is 4.41. The number of rotatable bonds is 3. The largest absolute Gasteiger partial charge is 0.349 e. The first-order valence-corrected chi connectivity index (χ1v) is 7.62. The highest BCUT2D eigenvalue weighted by molar-refractivity contribution is 6.32. The number of carbonyl (C=O) groups excluding carboxylic acids is 1. The first kappa shape index (κ1) is 14.3. The average molecular weight is 304 g/mol. The molecule has 5 heteroatoms. The number of hydrogen-bond acceptors (Lipinski definition) is 3. The third kappa shape index (κ3) is 2.87. The molecule has 0 spiro atoms. The highest BCUT2D eigenvalue weighted by Gasteiger charge is 2.28. The highest BCUT2D eigenvalue weighted by Crippen LogP contribution is 2.26. The molecule has 110 valence electrons. The zero-order chi connectivity index (χ0) is 14.8. The van der Waals surface area contributed by atoms with Gasteiger partial charge in [0.1, 0.15) is 0 Å². The fourth-order valence-corrected chi connectivity index (χ4v) is 3.31. The highest BCUT2D eigenvalue weighted by atomic mass is 35.5. The maximum absolute atomic E-state index is 12.6. The molecule has 0 radical (unpaired) electrons. The summed E-state index contributed by atoms with van der Waals surface area (Å²) in [6.45, 7) is 0.611. The minimum atomic E-state index is -0.119. The standard InChI is InChI=1S/C16H18ClN3O/c17-12-7-10-4-2-6-19-15(10)13(8-12)16(21)20-14-5-1-3-11(14)9-18/h2,4,6-8,11,14H,1,3,5,9,18H2,(H,20,21). The molecule has 1 aromatic heterocycles. The van der Waals surface area contributed by atoms with Gasteiger partial charge in [-0.2, -0.15) is 0 Å². The van der Waals surface area contributed by atoms with Gasteiger partial charge in [0.2, 0.25) is 0 Å². The van der Waals surface area contributed by atoms with E-state index in [1.54, 1.807) is 12.3 Å². The maximum atomic E-state index is 12.6. The number of nitrogens with zero attached hydrogens (tertiary/aromatic N) is 1. The van der Waals surface area contributed by atoms with Crippen molar-refractivity contribution in [3.63, 3.8) is 0 Å². The van der Waals surface area contributed by atoms with E-state index in [9.17, 15) is 4.79 Å². The Balaban J connectivity index is 1.91. The maximum Gasteiger partial charge on any atom is 0.253 e. The van der Waals surface area contributed by atoms with Crippen LogP contribution in [-0.4, -0.2) is 23.5 Å². The Hall–Kier alpha value is -1.65. The summed E-state index contributed by atoms with van der Waals surface area (Å²) < 4.78 is 0. The van der Waals surface area contributed by atoms with E-state index < -0.39 is 0 Å². The van der Waals surface area contributed by atoms with E-state index in [1.165, 1.54) is 0 Å². The molecule has 1 aromatic carbocycles. The second kappa shape index (κ2) is 6.00. The Morgan fingerprint density at radius 3 is 3.10 bits per heavy atom. The first-order valence-electron chi connectivity index (χ1n) is 7.24. The third-order valence-electron chi connectivity index (χ3n) is 4.19. The second-order valence-corrected chi connectivity index (χ2v) is 5.97. The lowest BCUT2D eigenvalue weighted by Gasteiger charge is -2.19. The van der Waals surface area contributed by atoms with Crippen LogP contribution in [-0.2, 0) is 0 Å². The predicted octanol–water partition coefficient (Wildman–Crippen LogP) is 2.75. The number of carbonyl (C=O) groups is 1. The summed E-state index contributed by atoms with van der Waals surface area (Å²) in [5, 5.41) is 4.51. The molecule has 3 rings (SSSR count). The molecule has 4 nitrogen and oxygen atoms in total. The lowest BCUT2D eigenvalue weighted by Crippen LogP contribution is -2.40. The molecule has 1 fully saturated rings. The van der Waals surface area contributed by atoms with Crippen LogP contribution >= 0.6 is 11.6 Å². The van der Waals surface area contributed by atoms with Gasteiger partial charge in [0, 0.05) is 22.6 Å². The lowest BCUT2D eigenvalue weighted by molar-refractivity contribution is 0.0930. The van der Waals surface area contributed by atoms with E-state index in [0.29, 0.717) is 28.6 Å². The number of fused-ring (bicyclic) bond motifs is 1. The zero-order valence-corrected chi connectivity index (χ0v) is 12.4. The van der Waals surface area contributed by atoms with Crippen LogP contribution in [0.25, 0.3) is 10.9 Å². The number of benzene rings is 1. The van der Waals surface area contributed by atoms with E-state index in [2.05, 4.69) is 10.3 Å². The molecule has 1 aliphatic carbocycles. The number of pyridine rings is 1. The quantitative estimate of drug-likeness (QED) is 0.916. The number of aromatic nitrogens is 1. The van der Waals surface area contributed by atoms with Crippen LogP contribution in [0.15, 0.2) is 30.5 Å². The fraction of sp³-hybridized carbons (Fsp3) is 0.375. The topological polar surface area (TPSA) is 68.0 Å². The molecule has 2 aromatic rings. The minimum absolute atomic E-state index is 0.119. The summed E-state index contributed by atoms with van der Waals surface area (Å²) in [6.07, 6.45) is 4.86. The van der Waals surface area contributed by atoms with Crippen molar-refractivity contribution in [2.24, 2.45) is 11.7 Å². The van der Waals surface area contributed by atoms with Gasteiger partial charge in [-0.15, -0.1) is 0 Å². The van der Waals surface area contributed by atoms with Crippen molar-refractivity contribution in [2.75, 3.05) is 6.54 Å². The van der Waals surface area contributed by atoms with Crippen LogP contribution < -0.4 is 11.1 Å². The number of nitrogens with one attached hydrogen (secondary N) is 1. The van der Waals surface area contributed by atoms with Crippen molar-refractivity contribution in [1.82, 2.24) is 10.3 Å². The summed E-state index contributed by atoms with van der Waals surface area (Å²) in [4.78, 5) is 16.9. The Bertz CT molecular complexity index is 674. The van der Waals surface area contributed by atoms with Crippen LogP contribution in [0.4, 0.5) is 0 Å². The van der Waals surface area contributed by atoms with Crippen molar-refractivity contribution in [3.8, 4) is 0 Å². The van der Waals surface area contributed by atoms with Crippen molar-refractivity contribution in [2.45, 2.75) is 25.3 Å². The number of halogens is 1. The Morgan fingerprint density at radius 2 is 2.29 bits per heavy atom. The summed E-state index contributed by atoms with van der Waals surface area (Å²) in [7, 11) is 0. The second-order valence-electron chi connectivity index (χ2n) is 5.54. The van der Waals surface area contributed by atoms with Gasteiger partial charge < -0.3 is 11.1 Å². The van der Waals surface area contributed by atoms with Crippen LogP contribution in [0.2, 0.25) is 5.02 Å². The van der Waals surface area contributed by atoms with Crippen LogP contribution in [0.5, 0.6) is 0 Å². The summed E-state index contributed by atoms with van der Waals surface area (Å²) in [5.41, 5.74) is 6.98. The lowest BCUT2D eigenvalue weighted by atomic mass is 10.0. The normalized spacial score (nSPS) is 21.6. The van der Waals surface area contributed by atoms with Gasteiger partial charge >= 0.3 is 0 Å². The average Bonchev–Trinajstić information content (AvgIpc) is 2.93. The van der Waals surface area contributed by atoms with Gasteiger partial charge in [-0.05, 0) is 43.5 Å². The van der Waals surface area contributed by atoms with Gasteiger partial charge in [0.25, 0.3) is 5.91 Å². The smallest absolute Gasteiger partial charge is 0.253 e. The van der Waals surface area contributed by atoms with Crippen molar-refractivity contribution >= 4 is 28.4 Å². The van der Waals surface area contributed by atoms with Crippen molar-refractivity contribution in [1.29, 1.82) is 0 Å². The van der Waals surface area contributed by atoms with Crippen LogP contribution in [0.3, 0.4) is 0 Å². The molecular weight excluding hydrogens is 286 g/mol. The Kier molecular flexibility index (Phi) is 4.08. The van der Waals surface area contributed by atoms with Crippen LogP contribution in [0, 0.1) is 5.92 Å². The van der Waals surface area contributed by atoms with Crippen LogP contribution in [0.1, 0.15) is 29.6 Å². The Labute approximate surface area is 128 Å². The van der Waals surface area contributed by atoms with E-state index >= 15 is 0 Å². The number of hydrogen-bond donors (Lipinski definition) is 2. The number of nitrogens with two attached hydrogens (primary N) is 1.